The number of halogens is 1. The van der Waals surface area contributed by atoms with Crippen molar-refractivity contribution < 1.29 is 4.39 Å². The van der Waals surface area contributed by atoms with Crippen LogP contribution in [0.3, 0.4) is 0 Å². The molecular weight excluding hydrogens is 269 g/mol. The molecule has 1 saturated heterocycles. The van der Waals surface area contributed by atoms with Crippen molar-refractivity contribution in [3.63, 3.8) is 0 Å². The van der Waals surface area contributed by atoms with E-state index in [-0.39, 0.29) is 11.6 Å². The van der Waals surface area contributed by atoms with Gasteiger partial charge in [0.1, 0.15) is 30.1 Å². The molecule has 0 N–H and O–H groups in total. The van der Waals surface area contributed by atoms with Crippen LogP contribution >= 0.6 is 0 Å². The number of hydrogen-bond acceptors (Lipinski definition) is 4. The quantitative estimate of drug-likeness (QED) is 0.868. The van der Waals surface area contributed by atoms with Crippen molar-refractivity contribution in [3.8, 4) is 6.07 Å². The van der Waals surface area contributed by atoms with E-state index in [9.17, 15) is 9.65 Å². The SMILES string of the molecule is N#Cc1c(F)cccc1N1CCCC[C@@H]1Cn1cncn1. The number of nitrogens with zero attached hydrogens (tertiary/aromatic N) is 5. The van der Waals surface area contributed by atoms with Crippen LogP contribution in [0.15, 0.2) is 30.9 Å². The number of aromatic nitrogens is 3. The lowest BCUT2D eigenvalue weighted by molar-refractivity contribution is 0.398. The maximum atomic E-state index is 13.8. The van der Waals surface area contributed by atoms with Crippen LogP contribution in [0, 0.1) is 17.1 Å². The Morgan fingerprint density at radius 3 is 3.05 bits per heavy atom. The molecule has 3 rings (SSSR count). The van der Waals surface area contributed by atoms with E-state index in [1.165, 1.54) is 12.4 Å². The zero-order chi connectivity index (χ0) is 14.7. The highest BCUT2D eigenvalue weighted by Gasteiger charge is 2.26. The summed E-state index contributed by atoms with van der Waals surface area (Å²) in [6.07, 6.45) is 6.38. The highest BCUT2D eigenvalue weighted by atomic mass is 19.1. The van der Waals surface area contributed by atoms with Crippen molar-refractivity contribution in [2.75, 3.05) is 11.4 Å². The smallest absolute Gasteiger partial charge is 0.143 e. The summed E-state index contributed by atoms with van der Waals surface area (Å²) in [6.45, 7) is 1.53. The first-order valence-electron chi connectivity index (χ1n) is 7.07. The predicted molar refractivity (Wildman–Crippen MR) is 76.1 cm³/mol. The van der Waals surface area contributed by atoms with E-state index in [1.807, 2.05) is 12.1 Å². The zero-order valence-electron chi connectivity index (χ0n) is 11.6. The van der Waals surface area contributed by atoms with Crippen LogP contribution in [0.4, 0.5) is 10.1 Å². The lowest BCUT2D eigenvalue weighted by atomic mass is 9.99. The molecule has 0 unspecified atom stereocenters. The van der Waals surface area contributed by atoms with Gasteiger partial charge in [0.25, 0.3) is 0 Å². The third-order valence-electron chi connectivity index (χ3n) is 3.90. The van der Waals surface area contributed by atoms with Crippen molar-refractivity contribution in [3.05, 3.63) is 42.2 Å². The van der Waals surface area contributed by atoms with Crippen molar-refractivity contribution in [1.82, 2.24) is 14.8 Å². The first-order valence-corrected chi connectivity index (χ1v) is 7.07. The van der Waals surface area contributed by atoms with Gasteiger partial charge in [-0.05, 0) is 31.4 Å². The number of benzene rings is 1. The first kappa shape index (κ1) is 13.6. The molecule has 21 heavy (non-hydrogen) atoms. The Bertz CT molecular complexity index is 647. The zero-order valence-corrected chi connectivity index (χ0v) is 11.6. The minimum absolute atomic E-state index is 0.128. The van der Waals surface area contributed by atoms with E-state index in [0.29, 0.717) is 12.2 Å². The van der Waals surface area contributed by atoms with Crippen LogP contribution in [0.2, 0.25) is 0 Å². The van der Waals surface area contributed by atoms with Crippen LogP contribution in [0.5, 0.6) is 0 Å². The summed E-state index contributed by atoms with van der Waals surface area (Å²) >= 11 is 0. The van der Waals surface area contributed by atoms with Gasteiger partial charge in [0.05, 0.1) is 12.2 Å². The largest absolute Gasteiger partial charge is 0.366 e. The molecule has 1 fully saturated rings. The minimum atomic E-state index is -0.458. The molecule has 0 aliphatic carbocycles. The summed E-state index contributed by atoms with van der Waals surface area (Å²) in [5.74, 6) is -0.458. The summed E-state index contributed by atoms with van der Waals surface area (Å²) in [4.78, 5) is 6.09. The normalized spacial score (nSPS) is 18.5. The van der Waals surface area contributed by atoms with Crippen LogP contribution < -0.4 is 4.90 Å². The number of hydrogen-bond donors (Lipinski definition) is 0. The van der Waals surface area contributed by atoms with Gasteiger partial charge in [0.15, 0.2) is 0 Å². The van der Waals surface area contributed by atoms with Gasteiger partial charge in [-0.3, -0.25) is 4.68 Å². The molecule has 1 atom stereocenters. The second-order valence-corrected chi connectivity index (χ2v) is 5.21. The van der Waals surface area contributed by atoms with E-state index in [0.717, 1.165) is 25.8 Å². The summed E-state index contributed by atoms with van der Waals surface area (Å²) in [7, 11) is 0. The highest BCUT2D eigenvalue weighted by molar-refractivity contribution is 5.60. The Labute approximate surface area is 122 Å². The van der Waals surface area contributed by atoms with Gasteiger partial charge in [-0.1, -0.05) is 6.07 Å². The number of rotatable bonds is 3. The molecule has 0 radical (unpaired) electrons. The Morgan fingerprint density at radius 2 is 2.29 bits per heavy atom. The van der Waals surface area contributed by atoms with Gasteiger partial charge >= 0.3 is 0 Å². The fraction of sp³-hybridized carbons (Fsp3) is 0.400. The lowest BCUT2D eigenvalue weighted by Crippen LogP contribution is -2.42. The van der Waals surface area contributed by atoms with Gasteiger partial charge < -0.3 is 4.90 Å². The van der Waals surface area contributed by atoms with Crippen molar-refractivity contribution in [2.24, 2.45) is 0 Å². The lowest BCUT2D eigenvalue weighted by Gasteiger charge is -2.38. The molecule has 0 saturated carbocycles. The van der Waals surface area contributed by atoms with Crippen LogP contribution in [0.1, 0.15) is 24.8 Å². The number of piperidine rings is 1. The van der Waals surface area contributed by atoms with E-state index >= 15 is 0 Å². The number of anilines is 1. The summed E-state index contributed by atoms with van der Waals surface area (Å²) in [5.41, 5.74) is 0.810. The molecule has 1 aliphatic rings. The monoisotopic (exact) mass is 285 g/mol. The van der Waals surface area contributed by atoms with Gasteiger partial charge in [-0.15, -0.1) is 0 Å². The van der Waals surface area contributed by atoms with Crippen molar-refractivity contribution >= 4 is 5.69 Å². The third kappa shape index (κ3) is 2.72. The van der Waals surface area contributed by atoms with Gasteiger partial charge in [0, 0.05) is 12.6 Å². The van der Waals surface area contributed by atoms with Gasteiger partial charge in [0.2, 0.25) is 0 Å². The molecule has 1 aromatic carbocycles. The van der Waals surface area contributed by atoms with Crippen LogP contribution in [0.25, 0.3) is 0 Å². The van der Waals surface area contributed by atoms with Gasteiger partial charge in [-0.2, -0.15) is 10.4 Å². The Balaban J connectivity index is 1.91. The molecule has 1 aliphatic heterocycles. The Hall–Kier alpha value is -2.42. The second-order valence-electron chi connectivity index (χ2n) is 5.21. The first-order chi connectivity index (χ1) is 10.3. The van der Waals surface area contributed by atoms with Gasteiger partial charge in [-0.25, -0.2) is 9.37 Å². The van der Waals surface area contributed by atoms with Crippen molar-refractivity contribution in [1.29, 1.82) is 5.26 Å². The maximum absolute atomic E-state index is 13.8. The van der Waals surface area contributed by atoms with E-state index in [1.54, 1.807) is 17.1 Å². The molecule has 2 heterocycles. The van der Waals surface area contributed by atoms with E-state index in [4.69, 9.17) is 0 Å². The molecule has 2 aromatic rings. The topological polar surface area (TPSA) is 57.7 Å². The molecule has 108 valence electrons. The van der Waals surface area contributed by atoms with E-state index in [2.05, 4.69) is 15.0 Å². The van der Waals surface area contributed by atoms with Crippen LogP contribution in [-0.2, 0) is 6.54 Å². The standard InChI is InChI=1S/C15H16FN5/c16-14-5-3-6-15(13(14)8-17)21-7-2-1-4-12(21)9-20-11-18-10-19-20/h3,5-6,10-12H,1-2,4,7,9H2/t12-/m1/s1. The Kier molecular flexibility index (Phi) is 3.82. The molecule has 6 heteroatoms. The minimum Gasteiger partial charge on any atom is -0.366 e. The maximum Gasteiger partial charge on any atom is 0.143 e. The summed E-state index contributed by atoms with van der Waals surface area (Å²) in [6, 6.07) is 7.00. The molecule has 0 spiro atoms. The fourth-order valence-electron chi connectivity index (χ4n) is 2.91. The molecule has 0 amide bonds. The fourth-order valence-corrected chi connectivity index (χ4v) is 2.91. The second kappa shape index (κ2) is 5.92. The molecule has 5 nitrogen and oxygen atoms in total. The molecule has 0 bridgehead atoms. The van der Waals surface area contributed by atoms with Crippen molar-refractivity contribution in [2.45, 2.75) is 31.8 Å². The van der Waals surface area contributed by atoms with E-state index < -0.39 is 5.82 Å². The van der Waals surface area contributed by atoms with Crippen LogP contribution in [-0.4, -0.2) is 27.4 Å². The predicted octanol–water partition coefficient (Wildman–Crippen LogP) is 2.35. The number of nitriles is 1. The third-order valence-corrected chi connectivity index (χ3v) is 3.90. The highest BCUT2D eigenvalue weighted by Crippen LogP contribution is 2.29. The summed E-state index contributed by atoms with van der Waals surface area (Å²) in [5, 5.41) is 13.4. The molecular formula is C15H16FN5. The Morgan fingerprint density at radius 1 is 1.38 bits per heavy atom. The molecule has 1 aromatic heterocycles. The average molecular weight is 285 g/mol. The average Bonchev–Trinajstić information content (AvgIpc) is 3.00. The summed E-state index contributed by atoms with van der Waals surface area (Å²) < 4.78 is 15.6.